The third kappa shape index (κ3) is 6.11. The molecule has 0 bridgehead atoms. The predicted octanol–water partition coefficient (Wildman–Crippen LogP) is 3.75. The quantitative estimate of drug-likeness (QED) is 0.242. The first-order valence-electron chi connectivity index (χ1n) is 9.42. The van der Waals surface area contributed by atoms with E-state index >= 15 is 0 Å². The molecule has 1 amide bonds. The van der Waals surface area contributed by atoms with Crippen LogP contribution in [-0.2, 0) is 4.79 Å². The van der Waals surface area contributed by atoms with Crippen LogP contribution in [0.3, 0.4) is 0 Å². The fourth-order valence-corrected chi connectivity index (χ4v) is 2.60. The molecule has 0 saturated carbocycles. The number of ether oxygens (including phenoxy) is 2. The van der Waals surface area contributed by atoms with E-state index in [9.17, 15) is 18.4 Å². The van der Waals surface area contributed by atoms with Crippen molar-refractivity contribution in [2.24, 2.45) is 5.10 Å². The molecule has 7 nitrogen and oxygen atoms in total. The van der Waals surface area contributed by atoms with Crippen molar-refractivity contribution in [1.29, 1.82) is 0 Å². The van der Waals surface area contributed by atoms with E-state index in [1.165, 1.54) is 67.9 Å². The topological polar surface area (TPSA) is 89.0 Å². The highest BCUT2D eigenvalue weighted by molar-refractivity contribution is 5.92. The van der Waals surface area contributed by atoms with Gasteiger partial charge in [-0.05, 0) is 60.2 Å². The SMILES string of the molecule is COc1cc(/C=N/NC(=O)CNc2ccc(F)cc2)ccc1OC(=O)c1ccccc1F. The number of esters is 1. The third-order valence-corrected chi connectivity index (χ3v) is 4.18. The summed E-state index contributed by atoms with van der Waals surface area (Å²) < 4.78 is 37.1. The number of nitrogens with zero attached hydrogens (tertiary/aromatic N) is 1. The van der Waals surface area contributed by atoms with Crippen LogP contribution in [0.2, 0.25) is 0 Å². The number of hydrazone groups is 1. The zero-order valence-electron chi connectivity index (χ0n) is 17.0. The van der Waals surface area contributed by atoms with Crippen molar-refractivity contribution < 1.29 is 27.8 Å². The summed E-state index contributed by atoms with van der Waals surface area (Å²) in [5, 5.41) is 6.69. The highest BCUT2D eigenvalue weighted by Crippen LogP contribution is 2.28. The Balaban J connectivity index is 1.57. The van der Waals surface area contributed by atoms with Gasteiger partial charge in [-0.2, -0.15) is 5.10 Å². The van der Waals surface area contributed by atoms with Crippen molar-refractivity contribution in [3.63, 3.8) is 0 Å². The number of hydrogen-bond acceptors (Lipinski definition) is 6. The maximum Gasteiger partial charge on any atom is 0.346 e. The van der Waals surface area contributed by atoms with Gasteiger partial charge in [0, 0.05) is 5.69 Å². The van der Waals surface area contributed by atoms with Crippen LogP contribution in [0.1, 0.15) is 15.9 Å². The zero-order valence-corrected chi connectivity index (χ0v) is 17.0. The maximum atomic E-state index is 13.8. The van der Waals surface area contributed by atoms with Gasteiger partial charge in [0.25, 0.3) is 5.91 Å². The molecule has 0 radical (unpaired) electrons. The van der Waals surface area contributed by atoms with Crippen molar-refractivity contribution >= 4 is 23.8 Å². The lowest BCUT2D eigenvalue weighted by Gasteiger charge is -2.10. The van der Waals surface area contributed by atoms with E-state index in [2.05, 4.69) is 15.8 Å². The summed E-state index contributed by atoms with van der Waals surface area (Å²) in [6.45, 7) is -0.0583. The number of methoxy groups -OCH3 is 1. The van der Waals surface area contributed by atoms with Gasteiger partial charge in [0.05, 0.1) is 25.4 Å². The van der Waals surface area contributed by atoms with Crippen LogP contribution in [0, 0.1) is 11.6 Å². The van der Waals surface area contributed by atoms with Gasteiger partial charge in [-0.15, -0.1) is 0 Å². The van der Waals surface area contributed by atoms with Crippen LogP contribution in [0.4, 0.5) is 14.5 Å². The Morgan fingerprint density at radius 1 is 1.00 bits per heavy atom. The van der Waals surface area contributed by atoms with E-state index < -0.39 is 17.7 Å². The number of anilines is 1. The van der Waals surface area contributed by atoms with Gasteiger partial charge in [-0.3, -0.25) is 4.79 Å². The molecule has 0 saturated heterocycles. The average Bonchev–Trinajstić information content (AvgIpc) is 2.79. The molecule has 0 unspecified atom stereocenters. The third-order valence-electron chi connectivity index (χ3n) is 4.18. The normalized spacial score (nSPS) is 10.6. The van der Waals surface area contributed by atoms with Gasteiger partial charge in [-0.1, -0.05) is 12.1 Å². The van der Waals surface area contributed by atoms with E-state index in [1.54, 1.807) is 6.07 Å². The summed E-state index contributed by atoms with van der Waals surface area (Å²) in [5.74, 6) is -2.00. The Kier molecular flexibility index (Phi) is 7.47. The van der Waals surface area contributed by atoms with Gasteiger partial charge in [0.15, 0.2) is 11.5 Å². The minimum atomic E-state index is -0.858. The number of rotatable bonds is 8. The van der Waals surface area contributed by atoms with E-state index in [-0.39, 0.29) is 29.4 Å². The summed E-state index contributed by atoms with van der Waals surface area (Å²) in [7, 11) is 1.39. The molecule has 32 heavy (non-hydrogen) atoms. The van der Waals surface area contributed by atoms with Crippen LogP contribution in [0.25, 0.3) is 0 Å². The minimum absolute atomic E-state index is 0.0583. The zero-order chi connectivity index (χ0) is 22.9. The second-order valence-corrected chi connectivity index (χ2v) is 6.43. The fraction of sp³-hybridized carbons (Fsp3) is 0.0870. The molecular formula is C23H19F2N3O4. The van der Waals surface area contributed by atoms with E-state index in [0.717, 1.165) is 6.07 Å². The van der Waals surface area contributed by atoms with E-state index in [4.69, 9.17) is 9.47 Å². The van der Waals surface area contributed by atoms with Crippen molar-refractivity contribution in [1.82, 2.24) is 5.43 Å². The molecule has 3 aromatic carbocycles. The van der Waals surface area contributed by atoms with Crippen molar-refractivity contribution in [3.8, 4) is 11.5 Å². The first kappa shape index (κ1) is 22.4. The summed E-state index contributed by atoms with van der Waals surface area (Å²) in [6, 6.07) is 15.7. The summed E-state index contributed by atoms with van der Waals surface area (Å²) in [4.78, 5) is 24.1. The van der Waals surface area contributed by atoms with Crippen LogP contribution >= 0.6 is 0 Å². The highest BCUT2D eigenvalue weighted by atomic mass is 19.1. The lowest BCUT2D eigenvalue weighted by molar-refractivity contribution is -0.119. The van der Waals surface area contributed by atoms with Gasteiger partial charge >= 0.3 is 5.97 Å². The Bertz CT molecular complexity index is 1130. The Morgan fingerprint density at radius 3 is 2.47 bits per heavy atom. The predicted molar refractivity (Wildman–Crippen MR) is 115 cm³/mol. The van der Waals surface area contributed by atoms with Crippen LogP contribution in [-0.4, -0.2) is 31.7 Å². The van der Waals surface area contributed by atoms with Gasteiger partial charge < -0.3 is 14.8 Å². The summed E-state index contributed by atoms with van der Waals surface area (Å²) in [6.07, 6.45) is 1.38. The Labute approximate surface area is 182 Å². The molecule has 0 aliphatic carbocycles. The largest absolute Gasteiger partial charge is 0.493 e. The summed E-state index contributed by atoms with van der Waals surface area (Å²) >= 11 is 0. The molecule has 164 valence electrons. The molecule has 9 heteroatoms. The van der Waals surface area contributed by atoms with Gasteiger partial charge in [0.2, 0.25) is 0 Å². The molecule has 0 spiro atoms. The fourth-order valence-electron chi connectivity index (χ4n) is 2.60. The molecule has 0 aliphatic heterocycles. The standard InChI is InChI=1S/C23H19F2N3O4/c1-31-21-12-15(6-11-20(21)32-23(30)18-4-2-3-5-19(18)25)13-27-28-22(29)14-26-17-9-7-16(24)8-10-17/h2-13,26H,14H2,1H3,(H,28,29)/b27-13+. The lowest BCUT2D eigenvalue weighted by Crippen LogP contribution is -2.25. The smallest absolute Gasteiger partial charge is 0.346 e. The number of amides is 1. The molecular weight excluding hydrogens is 420 g/mol. The van der Waals surface area contributed by atoms with Crippen molar-refractivity contribution in [2.75, 3.05) is 19.0 Å². The second-order valence-electron chi connectivity index (χ2n) is 6.43. The van der Waals surface area contributed by atoms with Gasteiger partial charge in [0.1, 0.15) is 11.6 Å². The number of carbonyl (C=O) groups is 2. The molecule has 0 aliphatic rings. The van der Waals surface area contributed by atoms with E-state index in [0.29, 0.717) is 11.3 Å². The van der Waals surface area contributed by atoms with Crippen molar-refractivity contribution in [2.45, 2.75) is 0 Å². The minimum Gasteiger partial charge on any atom is -0.493 e. The number of hydrogen-bond donors (Lipinski definition) is 2. The number of benzene rings is 3. The molecule has 0 fully saturated rings. The molecule has 3 rings (SSSR count). The number of halogens is 2. The Hall–Kier alpha value is -4.27. The van der Waals surface area contributed by atoms with Crippen LogP contribution in [0.15, 0.2) is 71.8 Å². The molecule has 0 aromatic heterocycles. The van der Waals surface area contributed by atoms with Crippen LogP contribution in [0.5, 0.6) is 11.5 Å². The number of nitrogens with one attached hydrogen (secondary N) is 2. The van der Waals surface area contributed by atoms with E-state index in [1.807, 2.05) is 0 Å². The molecule has 2 N–H and O–H groups in total. The average molecular weight is 439 g/mol. The highest BCUT2D eigenvalue weighted by Gasteiger charge is 2.16. The Morgan fingerprint density at radius 2 is 1.75 bits per heavy atom. The molecule has 3 aromatic rings. The molecule has 0 atom stereocenters. The first-order chi connectivity index (χ1) is 15.5. The molecule has 0 heterocycles. The lowest BCUT2D eigenvalue weighted by atomic mass is 10.2. The number of carbonyl (C=O) groups excluding carboxylic acids is 2. The van der Waals surface area contributed by atoms with Crippen molar-refractivity contribution in [3.05, 3.63) is 89.5 Å². The first-order valence-corrected chi connectivity index (χ1v) is 9.42. The van der Waals surface area contributed by atoms with Gasteiger partial charge in [-0.25, -0.2) is 19.0 Å². The summed E-state index contributed by atoms with van der Waals surface area (Å²) in [5.41, 5.74) is 3.30. The second kappa shape index (κ2) is 10.7. The maximum absolute atomic E-state index is 13.8. The van der Waals surface area contributed by atoms with Crippen LogP contribution < -0.4 is 20.2 Å². The monoisotopic (exact) mass is 439 g/mol.